The molecule has 1 aliphatic heterocycles. The number of nitrogens with zero attached hydrogens (tertiary/aromatic N) is 4. The summed E-state index contributed by atoms with van der Waals surface area (Å²) in [5.74, 6) is 1.76. The number of methoxy groups -OCH3 is 1. The molecule has 1 saturated heterocycles. The van der Waals surface area contributed by atoms with Gasteiger partial charge in [0, 0.05) is 49.3 Å². The van der Waals surface area contributed by atoms with E-state index in [0.29, 0.717) is 23.3 Å². The molecule has 2 aromatic heterocycles. The summed E-state index contributed by atoms with van der Waals surface area (Å²) >= 11 is 6.24. The van der Waals surface area contributed by atoms with E-state index in [4.69, 9.17) is 21.1 Å². The highest BCUT2D eigenvalue weighted by atomic mass is 35.5. The fourth-order valence-electron chi connectivity index (χ4n) is 3.26. The Morgan fingerprint density at radius 3 is 2.97 bits per heavy atom. The first-order valence-electron chi connectivity index (χ1n) is 9.44. The molecule has 1 aliphatic rings. The van der Waals surface area contributed by atoms with Gasteiger partial charge in [-0.3, -0.25) is 4.68 Å². The van der Waals surface area contributed by atoms with Crippen LogP contribution in [0.15, 0.2) is 36.8 Å². The molecule has 3 aromatic rings. The lowest BCUT2D eigenvalue weighted by Crippen LogP contribution is -2.19. The van der Waals surface area contributed by atoms with Crippen LogP contribution >= 0.6 is 11.6 Å². The predicted molar refractivity (Wildman–Crippen MR) is 113 cm³/mol. The van der Waals surface area contributed by atoms with Gasteiger partial charge in [0.25, 0.3) is 0 Å². The number of benzene rings is 1. The van der Waals surface area contributed by atoms with Crippen LogP contribution in [0.2, 0.25) is 5.02 Å². The summed E-state index contributed by atoms with van der Waals surface area (Å²) in [6.07, 6.45) is 7.66. The van der Waals surface area contributed by atoms with Crippen molar-refractivity contribution in [3.05, 3.63) is 41.8 Å². The highest BCUT2D eigenvalue weighted by Gasteiger charge is 2.16. The molecule has 1 fully saturated rings. The van der Waals surface area contributed by atoms with Gasteiger partial charge in [-0.2, -0.15) is 10.1 Å². The van der Waals surface area contributed by atoms with Gasteiger partial charge < -0.3 is 20.1 Å². The van der Waals surface area contributed by atoms with E-state index in [2.05, 4.69) is 25.7 Å². The molecule has 152 valence electrons. The van der Waals surface area contributed by atoms with Crippen molar-refractivity contribution in [1.82, 2.24) is 19.7 Å². The van der Waals surface area contributed by atoms with Gasteiger partial charge >= 0.3 is 0 Å². The molecule has 1 atom stereocenters. The van der Waals surface area contributed by atoms with Crippen LogP contribution in [-0.4, -0.2) is 46.1 Å². The molecule has 0 aliphatic carbocycles. The summed E-state index contributed by atoms with van der Waals surface area (Å²) in [4.78, 5) is 8.77. The van der Waals surface area contributed by atoms with Crippen molar-refractivity contribution in [2.24, 2.45) is 7.05 Å². The average Bonchev–Trinajstić information content (AvgIpc) is 3.40. The van der Waals surface area contributed by atoms with E-state index < -0.39 is 0 Å². The minimum Gasteiger partial charge on any atom is -0.496 e. The second-order valence-corrected chi connectivity index (χ2v) is 7.26. The molecule has 9 heteroatoms. The van der Waals surface area contributed by atoms with E-state index in [0.717, 1.165) is 42.0 Å². The third kappa shape index (κ3) is 4.60. The van der Waals surface area contributed by atoms with E-state index >= 15 is 0 Å². The Kier molecular flexibility index (Phi) is 5.82. The summed E-state index contributed by atoms with van der Waals surface area (Å²) in [6.45, 7) is 1.48. The Morgan fingerprint density at radius 1 is 1.34 bits per heavy atom. The van der Waals surface area contributed by atoms with E-state index in [1.54, 1.807) is 24.2 Å². The molecule has 3 heterocycles. The van der Waals surface area contributed by atoms with E-state index in [1.165, 1.54) is 0 Å². The lowest BCUT2D eigenvalue weighted by molar-refractivity contribution is 0.120. The largest absolute Gasteiger partial charge is 0.496 e. The Bertz CT molecular complexity index is 987. The smallest absolute Gasteiger partial charge is 0.229 e. The minimum absolute atomic E-state index is 0.196. The molecule has 2 N–H and O–H groups in total. The quantitative estimate of drug-likeness (QED) is 0.606. The Labute approximate surface area is 174 Å². The number of hydrogen-bond acceptors (Lipinski definition) is 7. The number of aryl methyl sites for hydroxylation is 1. The van der Waals surface area contributed by atoms with Gasteiger partial charge in [-0.15, -0.1) is 0 Å². The van der Waals surface area contributed by atoms with Crippen LogP contribution in [-0.2, 0) is 11.8 Å². The first-order valence-corrected chi connectivity index (χ1v) is 9.82. The van der Waals surface area contributed by atoms with Crippen molar-refractivity contribution in [2.45, 2.75) is 18.9 Å². The molecule has 29 heavy (non-hydrogen) atoms. The lowest BCUT2D eigenvalue weighted by atomic mass is 10.1. The van der Waals surface area contributed by atoms with Gasteiger partial charge in [0.1, 0.15) is 10.8 Å². The monoisotopic (exact) mass is 414 g/mol. The zero-order valence-corrected chi connectivity index (χ0v) is 17.1. The van der Waals surface area contributed by atoms with Crippen LogP contribution in [0, 0.1) is 0 Å². The van der Waals surface area contributed by atoms with Crippen molar-refractivity contribution >= 4 is 29.1 Å². The predicted octanol–water partition coefficient (Wildman–Crippen LogP) is 3.87. The Hall–Kier alpha value is -2.84. The highest BCUT2D eigenvalue weighted by Crippen LogP contribution is 2.33. The zero-order chi connectivity index (χ0) is 20.2. The molecule has 1 aromatic carbocycles. The second kappa shape index (κ2) is 8.67. The molecule has 4 rings (SSSR count). The van der Waals surface area contributed by atoms with Gasteiger partial charge in [0.15, 0.2) is 5.82 Å². The molecular weight excluding hydrogens is 392 g/mol. The number of hydrogen-bond donors (Lipinski definition) is 2. The number of anilines is 3. The maximum atomic E-state index is 6.24. The number of halogens is 1. The summed E-state index contributed by atoms with van der Waals surface area (Å²) in [6, 6.07) is 5.83. The van der Waals surface area contributed by atoms with Crippen molar-refractivity contribution in [3.63, 3.8) is 0 Å². The average molecular weight is 415 g/mol. The van der Waals surface area contributed by atoms with Crippen LogP contribution in [0.1, 0.15) is 12.8 Å². The van der Waals surface area contributed by atoms with Crippen LogP contribution in [0.3, 0.4) is 0 Å². The van der Waals surface area contributed by atoms with Gasteiger partial charge in [-0.25, -0.2) is 4.98 Å². The highest BCUT2D eigenvalue weighted by molar-refractivity contribution is 6.32. The number of rotatable bonds is 7. The minimum atomic E-state index is 0.196. The topological polar surface area (TPSA) is 86.1 Å². The maximum Gasteiger partial charge on any atom is 0.229 e. The molecule has 0 saturated carbocycles. The summed E-state index contributed by atoms with van der Waals surface area (Å²) in [5, 5.41) is 11.1. The van der Waals surface area contributed by atoms with Crippen molar-refractivity contribution < 1.29 is 9.47 Å². The third-order valence-electron chi connectivity index (χ3n) is 4.74. The number of aromatic nitrogens is 4. The molecule has 0 radical (unpaired) electrons. The molecule has 0 amide bonds. The van der Waals surface area contributed by atoms with Crippen LogP contribution in [0.25, 0.3) is 11.1 Å². The molecule has 0 spiro atoms. The maximum absolute atomic E-state index is 6.24. The normalized spacial score (nSPS) is 16.0. The second-order valence-electron chi connectivity index (χ2n) is 6.85. The fraction of sp³-hybridized carbons (Fsp3) is 0.350. The summed E-state index contributed by atoms with van der Waals surface area (Å²) in [7, 11) is 3.53. The van der Waals surface area contributed by atoms with Crippen molar-refractivity contribution in [1.29, 1.82) is 0 Å². The molecular formula is C20H23ClN6O2. The zero-order valence-electron chi connectivity index (χ0n) is 16.4. The van der Waals surface area contributed by atoms with E-state index in [1.807, 2.05) is 31.4 Å². The van der Waals surface area contributed by atoms with Gasteiger partial charge in [-0.1, -0.05) is 11.6 Å². The molecule has 0 unspecified atom stereocenters. The molecule has 8 nitrogen and oxygen atoms in total. The SMILES string of the molecule is COc1cc(Nc2ncc(Cl)c(NC[C@H]3CCCO3)n2)ccc1-c1cnn(C)c1. The van der Waals surface area contributed by atoms with Crippen LogP contribution in [0.5, 0.6) is 5.75 Å². The molecule has 0 bridgehead atoms. The lowest BCUT2D eigenvalue weighted by Gasteiger charge is -2.14. The van der Waals surface area contributed by atoms with Crippen molar-refractivity contribution in [3.8, 4) is 16.9 Å². The van der Waals surface area contributed by atoms with Gasteiger partial charge in [0.05, 0.1) is 25.6 Å². The van der Waals surface area contributed by atoms with Gasteiger partial charge in [-0.05, 0) is 25.0 Å². The van der Waals surface area contributed by atoms with Crippen molar-refractivity contribution in [2.75, 3.05) is 30.9 Å². The van der Waals surface area contributed by atoms with Gasteiger partial charge in [0.2, 0.25) is 5.95 Å². The van der Waals surface area contributed by atoms with Crippen LogP contribution < -0.4 is 15.4 Å². The van der Waals surface area contributed by atoms with Crippen LogP contribution in [0.4, 0.5) is 17.5 Å². The fourth-order valence-corrected chi connectivity index (χ4v) is 3.42. The first-order chi connectivity index (χ1) is 14.1. The summed E-state index contributed by atoms with van der Waals surface area (Å²) in [5.41, 5.74) is 2.75. The number of nitrogens with one attached hydrogen (secondary N) is 2. The van der Waals surface area contributed by atoms with E-state index in [-0.39, 0.29) is 6.10 Å². The number of ether oxygens (including phenoxy) is 2. The summed E-state index contributed by atoms with van der Waals surface area (Å²) < 4.78 is 12.9. The third-order valence-corrected chi connectivity index (χ3v) is 5.02. The van der Waals surface area contributed by atoms with E-state index in [9.17, 15) is 0 Å². The Morgan fingerprint density at radius 2 is 2.24 bits per heavy atom. The Balaban J connectivity index is 1.50. The first kappa shape index (κ1) is 19.5. The standard InChI is InChI=1S/C20H23ClN6O2/c1-27-12-13(9-24-27)16-6-5-14(8-18(16)28-2)25-20-23-11-17(21)19(26-20)22-10-15-4-3-7-29-15/h5-6,8-9,11-12,15H,3-4,7,10H2,1-2H3,(H2,22,23,25,26)/t15-/m1/s1.